The lowest BCUT2D eigenvalue weighted by Crippen LogP contribution is -2.54. The number of likely N-dealkylation sites (tertiary alicyclic amines) is 1. The van der Waals surface area contributed by atoms with Gasteiger partial charge in [0.05, 0.1) is 18.4 Å². The minimum atomic E-state index is -0.702. The summed E-state index contributed by atoms with van der Waals surface area (Å²) in [7, 11) is 0. The zero-order valence-electron chi connectivity index (χ0n) is 18.5. The number of imidazole rings is 1. The Bertz CT molecular complexity index is 1140. The summed E-state index contributed by atoms with van der Waals surface area (Å²) in [5.41, 5.74) is 1.43. The van der Waals surface area contributed by atoms with E-state index in [4.69, 9.17) is 4.74 Å². The molecular formula is C24H26N6O3. The van der Waals surface area contributed by atoms with Crippen molar-refractivity contribution in [3.05, 3.63) is 77.9 Å². The van der Waals surface area contributed by atoms with Crippen LogP contribution in [0.4, 0.5) is 0 Å². The van der Waals surface area contributed by atoms with Gasteiger partial charge in [0, 0.05) is 51.1 Å². The summed E-state index contributed by atoms with van der Waals surface area (Å²) < 4.78 is 8.44. The van der Waals surface area contributed by atoms with Gasteiger partial charge in [-0.3, -0.25) is 14.6 Å². The minimum absolute atomic E-state index is 0.145. The molecule has 2 aliphatic rings. The molecular weight excluding hydrogens is 420 g/mol. The van der Waals surface area contributed by atoms with E-state index in [9.17, 15) is 9.59 Å². The van der Waals surface area contributed by atoms with Crippen molar-refractivity contribution in [2.75, 3.05) is 13.1 Å². The number of carbonyl (C=O) groups excluding carboxylic acids is 2. The largest absolute Gasteiger partial charge is 0.352 e. The van der Waals surface area contributed by atoms with Gasteiger partial charge in [-0.2, -0.15) is 0 Å². The zero-order valence-corrected chi connectivity index (χ0v) is 18.5. The lowest BCUT2D eigenvalue weighted by molar-refractivity contribution is -0.172. The number of rotatable bonds is 4. The summed E-state index contributed by atoms with van der Waals surface area (Å²) in [5.74, 6) is 0.525. The quantitative estimate of drug-likeness (QED) is 0.656. The van der Waals surface area contributed by atoms with Crippen molar-refractivity contribution in [3.8, 4) is 0 Å². The van der Waals surface area contributed by atoms with E-state index in [2.05, 4.69) is 20.3 Å². The third-order valence-electron chi connectivity index (χ3n) is 6.31. The molecule has 0 radical (unpaired) electrons. The Labute approximate surface area is 191 Å². The number of ether oxygens (including phenoxy) is 1. The van der Waals surface area contributed by atoms with Crippen molar-refractivity contribution in [2.24, 2.45) is 0 Å². The molecule has 0 saturated carbocycles. The number of benzene rings is 1. The molecule has 33 heavy (non-hydrogen) atoms. The van der Waals surface area contributed by atoms with Gasteiger partial charge in [0.15, 0.2) is 6.10 Å². The van der Waals surface area contributed by atoms with E-state index in [1.165, 1.54) is 6.20 Å². The van der Waals surface area contributed by atoms with Gasteiger partial charge in [0.25, 0.3) is 11.8 Å². The van der Waals surface area contributed by atoms with E-state index in [0.717, 1.165) is 17.1 Å². The van der Waals surface area contributed by atoms with E-state index in [-0.39, 0.29) is 11.8 Å². The molecule has 1 atom stereocenters. The highest BCUT2D eigenvalue weighted by Crippen LogP contribution is 2.40. The van der Waals surface area contributed by atoms with Crippen LogP contribution in [0.1, 0.15) is 40.4 Å². The SMILES string of the molecule is Cc1cnc(C(=O)N2CCC3(CC2)OC(C(=O)NCc2ccccc2)Cn2ccnc23)cn1. The van der Waals surface area contributed by atoms with Crippen LogP contribution in [0.5, 0.6) is 0 Å². The van der Waals surface area contributed by atoms with Crippen molar-refractivity contribution < 1.29 is 14.3 Å². The van der Waals surface area contributed by atoms with Crippen LogP contribution in [-0.4, -0.2) is 55.4 Å². The van der Waals surface area contributed by atoms with E-state index >= 15 is 0 Å². The Morgan fingerprint density at radius 3 is 2.64 bits per heavy atom. The standard InChI is InChI=1S/C24H26N6O3/c1-17-13-27-19(15-26-17)22(32)29-10-7-24(8-11-29)23-25-9-12-30(23)16-20(33-24)21(31)28-14-18-5-3-2-4-6-18/h2-6,9,12-13,15,20H,7-8,10-11,14,16H2,1H3,(H,28,31). The first-order valence-corrected chi connectivity index (χ1v) is 11.1. The van der Waals surface area contributed by atoms with Crippen LogP contribution in [0.15, 0.2) is 55.1 Å². The summed E-state index contributed by atoms with van der Waals surface area (Å²) in [4.78, 5) is 40.5. The molecule has 2 aliphatic heterocycles. The second-order valence-electron chi connectivity index (χ2n) is 8.54. The molecule has 9 heteroatoms. The maximum absolute atomic E-state index is 13.0. The highest BCUT2D eigenvalue weighted by Gasteiger charge is 2.47. The second-order valence-corrected chi connectivity index (χ2v) is 8.54. The third kappa shape index (κ3) is 4.23. The van der Waals surface area contributed by atoms with Gasteiger partial charge in [-0.25, -0.2) is 9.97 Å². The fourth-order valence-corrected chi connectivity index (χ4v) is 4.51. The van der Waals surface area contributed by atoms with Crippen LogP contribution in [0, 0.1) is 6.92 Å². The lowest BCUT2D eigenvalue weighted by atomic mass is 9.88. The van der Waals surface area contributed by atoms with Crippen molar-refractivity contribution in [1.82, 2.24) is 29.7 Å². The fraction of sp³-hybridized carbons (Fsp3) is 0.375. The first-order chi connectivity index (χ1) is 16.0. The molecule has 1 spiro atoms. The van der Waals surface area contributed by atoms with Gasteiger partial charge in [0.2, 0.25) is 0 Å². The van der Waals surface area contributed by atoms with E-state index in [1.807, 2.05) is 48.0 Å². The van der Waals surface area contributed by atoms with Crippen LogP contribution in [0.2, 0.25) is 0 Å². The predicted molar refractivity (Wildman–Crippen MR) is 119 cm³/mol. The molecule has 1 saturated heterocycles. The number of piperidine rings is 1. The average molecular weight is 447 g/mol. The number of nitrogens with zero attached hydrogens (tertiary/aromatic N) is 5. The van der Waals surface area contributed by atoms with Gasteiger partial charge < -0.3 is 19.5 Å². The first-order valence-electron chi connectivity index (χ1n) is 11.1. The molecule has 1 unspecified atom stereocenters. The maximum Gasteiger partial charge on any atom is 0.274 e. The summed E-state index contributed by atoms with van der Waals surface area (Å²) >= 11 is 0. The van der Waals surface area contributed by atoms with Gasteiger partial charge in [-0.05, 0) is 12.5 Å². The number of nitrogens with one attached hydrogen (secondary N) is 1. The van der Waals surface area contributed by atoms with E-state index < -0.39 is 11.7 Å². The molecule has 3 aromatic rings. The first kappa shape index (κ1) is 21.3. The van der Waals surface area contributed by atoms with Crippen LogP contribution < -0.4 is 5.32 Å². The normalized spacial score (nSPS) is 19.2. The molecule has 9 nitrogen and oxygen atoms in total. The highest BCUT2D eigenvalue weighted by atomic mass is 16.5. The van der Waals surface area contributed by atoms with Crippen molar-refractivity contribution in [1.29, 1.82) is 0 Å². The van der Waals surface area contributed by atoms with Crippen LogP contribution in [0.25, 0.3) is 0 Å². The number of hydrogen-bond acceptors (Lipinski definition) is 6. The summed E-state index contributed by atoms with van der Waals surface area (Å²) in [6.45, 7) is 3.67. The number of aryl methyl sites for hydroxylation is 1. The van der Waals surface area contributed by atoms with Crippen LogP contribution in [0.3, 0.4) is 0 Å². The van der Waals surface area contributed by atoms with Gasteiger partial charge in [0.1, 0.15) is 17.1 Å². The number of carbonyl (C=O) groups is 2. The number of fused-ring (bicyclic) bond motifs is 2. The van der Waals surface area contributed by atoms with Crippen molar-refractivity contribution >= 4 is 11.8 Å². The molecule has 0 bridgehead atoms. The zero-order chi connectivity index (χ0) is 22.8. The van der Waals surface area contributed by atoms with Crippen LogP contribution in [-0.2, 0) is 28.2 Å². The second kappa shape index (κ2) is 8.74. The third-order valence-corrected chi connectivity index (χ3v) is 6.31. The Morgan fingerprint density at radius 1 is 1.12 bits per heavy atom. The van der Waals surface area contributed by atoms with Gasteiger partial charge in [-0.15, -0.1) is 0 Å². The molecule has 4 heterocycles. The number of hydrogen-bond donors (Lipinski definition) is 1. The Morgan fingerprint density at radius 2 is 1.91 bits per heavy atom. The smallest absolute Gasteiger partial charge is 0.274 e. The Kier molecular flexibility index (Phi) is 5.63. The predicted octanol–water partition coefficient (Wildman–Crippen LogP) is 1.83. The number of amides is 2. The summed E-state index contributed by atoms with van der Waals surface area (Å²) in [5, 5.41) is 2.99. The van der Waals surface area contributed by atoms with Gasteiger partial charge in [-0.1, -0.05) is 30.3 Å². The molecule has 5 rings (SSSR count). The molecule has 2 amide bonds. The Balaban J connectivity index is 1.28. The summed E-state index contributed by atoms with van der Waals surface area (Å²) in [6, 6.07) is 9.79. The maximum atomic E-state index is 13.0. The molecule has 0 aliphatic carbocycles. The fourth-order valence-electron chi connectivity index (χ4n) is 4.51. The van der Waals surface area contributed by atoms with Crippen molar-refractivity contribution in [2.45, 2.75) is 44.6 Å². The van der Waals surface area contributed by atoms with E-state index in [1.54, 1.807) is 17.3 Å². The Hall–Kier alpha value is -3.59. The topological polar surface area (TPSA) is 102 Å². The molecule has 2 aromatic heterocycles. The van der Waals surface area contributed by atoms with Crippen LogP contribution >= 0.6 is 0 Å². The minimum Gasteiger partial charge on any atom is -0.352 e. The lowest BCUT2D eigenvalue weighted by Gasteiger charge is -2.45. The molecule has 1 fully saturated rings. The monoisotopic (exact) mass is 446 g/mol. The van der Waals surface area contributed by atoms with E-state index in [0.29, 0.717) is 44.7 Å². The average Bonchev–Trinajstić information content (AvgIpc) is 3.34. The summed E-state index contributed by atoms with van der Waals surface area (Å²) in [6.07, 6.45) is 7.22. The number of aromatic nitrogens is 4. The molecule has 1 aromatic carbocycles. The molecule has 170 valence electrons. The molecule has 1 N–H and O–H groups in total. The highest BCUT2D eigenvalue weighted by molar-refractivity contribution is 5.92. The van der Waals surface area contributed by atoms with Gasteiger partial charge >= 0.3 is 0 Å². The van der Waals surface area contributed by atoms with Crippen molar-refractivity contribution in [3.63, 3.8) is 0 Å².